The van der Waals surface area contributed by atoms with Gasteiger partial charge in [0, 0.05) is 24.8 Å². The van der Waals surface area contributed by atoms with E-state index < -0.39 is 0 Å². The average molecular weight is 336 g/mol. The summed E-state index contributed by atoms with van der Waals surface area (Å²) in [6.45, 7) is 1.75. The summed E-state index contributed by atoms with van der Waals surface area (Å²) in [4.78, 5) is 18.9. The van der Waals surface area contributed by atoms with E-state index in [2.05, 4.69) is 6.07 Å². The number of likely N-dealkylation sites (tertiary alicyclic amines) is 1. The number of piperidine rings is 1. The largest absolute Gasteiger partial charge is 0.396 e. The first kappa shape index (κ1) is 15.8. The molecule has 1 amide bonds. The number of aromatic nitrogens is 1. The first-order valence-electron chi connectivity index (χ1n) is 7.60. The molecule has 118 valence electrons. The molecule has 22 heavy (non-hydrogen) atoms. The van der Waals surface area contributed by atoms with Crippen LogP contribution in [0.15, 0.2) is 24.3 Å². The third kappa shape index (κ3) is 3.62. The van der Waals surface area contributed by atoms with Gasteiger partial charge in [0.2, 0.25) is 5.91 Å². The zero-order valence-electron chi connectivity index (χ0n) is 12.4. The van der Waals surface area contributed by atoms with E-state index >= 15 is 0 Å². The molecule has 1 aromatic heterocycles. The molecule has 1 atom stereocenters. The molecule has 0 radical (unpaired) electrons. The number of para-hydroxylation sites is 1. The average Bonchev–Trinajstić information content (AvgIpc) is 2.99. The topological polar surface area (TPSA) is 53.4 Å². The van der Waals surface area contributed by atoms with E-state index in [1.54, 1.807) is 11.3 Å². The van der Waals surface area contributed by atoms with Crippen LogP contribution in [0, 0.1) is 0 Å². The molecule has 0 unspecified atom stereocenters. The molecule has 1 aliphatic heterocycles. The second-order valence-corrected chi connectivity index (χ2v) is 7.64. The van der Waals surface area contributed by atoms with Gasteiger partial charge in [-0.1, -0.05) is 12.1 Å². The molecule has 4 nitrogen and oxygen atoms in total. The minimum absolute atomic E-state index is 0.131. The second kappa shape index (κ2) is 7.44. The van der Waals surface area contributed by atoms with Crippen LogP contribution in [0.25, 0.3) is 10.2 Å². The van der Waals surface area contributed by atoms with E-state index in [1.807, 2.05) is 23.1 Å². The molecule has 1 aromatic carbocycles. The Morgan fingerprint density at radius 1 is 1.45 bits per heavy atom. The van der Waals surface area contributed by atoms with Gasteiger partial charge in [0.25, 0.3) is 0 Å². The van der Waals surface area contributed by atoms with Crippen molar-refractivity contribution in [1.29, 1.82) is 0 Å². The van der Waals surface area contributed by atoms with E-state index in [9.17, 15) is 4.79 Å². The molecule has 0 bridgehead atoms. The highest BCUT2D eigenvalue weighted by Gasteiger charge is 2.26. The van der Waals surface area contributed by atoms with Crippen LogP contribution in [-0.4, -0.2) is 52.1 Å². The minimum atomic E-state index is 0.131. The summed E-state index contributed by atoms with van der Waals surface area (Å²) in [6, 6.07) is 8.21. The van der Waals surface area contributed by atoms with Crippen molar-refractivity contribution < 1.29 is 9.90 Å². The predicted molar refractivity (Wildman–Crippen MR) is 92.6 cm³/mol. The van der Waals surface area contributed by atoms with Crippen LogP contribution in [0.3, 0.4) is 0 Å². The zero-order chi connectivity index (χ0) is 15.4. The van der Waals surface area contributed by atoms with Crippen LogP contribution in [0.4, 0.5) is 0 Å². The van der Waals surface area contributed by atoms with Crippen LogP contribution < -0.4 is 0 Å². The minimum Gasteiger partial charge on any atom is -0.396 e. The van der Waals surface area contributed by atoms with E-state index in [-0.39, 0.29) is 12.5 Å². The first-order valence-corrected chi connectivity index (χ1v) is 9.57. The number of nitrogens with zero attached hydrogens (tertiary/aromatic N) is 2. The Morgan fingerprint density at radius 2 is 2.32 bits per heavy atom. The quantitative estimate of drug-likeness (QED) is 0.853. The van der Waals surface area contributed by atoms with Gasteiger partial charge in [-0.15, -0.1) is 23.1 Å². The molecular formula is C16H20N2O2S2. The number of rotatable bonds is 5. The molecule has 1 N–H and O–H groups in total. The molecule has 0 saturated carbocycles. The van der Waals surface area contributed by atoms with E-state index in [4.69, 9.17) is 10.1 Å². The number of amides is 1. The lowest BCUT2D eigenvalue weighted by atomic mass is 9.99. The normalized spacial score (nSPS) is 18.8. The number of hydrogen-bond donors (Lipinski definition) is 1. The third-order valence-electron chi connectivity index (χ3n) is 3.89. The highest BCUT2D eigenvalue weighted by atomic mass is 32.2. The van der Waals surface area contributed by atoms with Crippen molar-refractivity contribution in [3.8, 4) is 0 Å². The van der Waals surface area contributed by atoms with Crippen molar-refractivity contribution in [3.05, 3.63) is 29.3 Å². The Hall–Kier alpha value is -1.11. The Morgan fingerprint density at radius 3 is 3.14 bits per heavy atom. The number of aliphatic hydroxyl groups excluding tert-OH is 1. The summed E-state index contributed by atoms with van der Waals surface area (Å²) < 4.78 is 1.22. The summed E-state index contributed by atoms with van der Waals surface area (Å²) in [5, 5.41) is 9.95. The molecule has 1 aliphatic rings. The number of carbonyl (C=O) groups is 1. The number of thioether (sulfide) groups is 1. The summed E-state index contributed by atoms with van der Waals surface area (Å²) >= 11 is 3.25. The number of carbonyl (C=O) groups excluding carboxylic acids is 1. The summed E-state index contributed by atoms with van der Waals surface area (Å²) in [5.74, 6) is 1.63. The SMILES string of the molecule is O=C(CSCCO)N1CCC[C@@H](c2nc3ccccc3s2)C1. The van der Waals surface area contributed by atoms with Crippen molar-refractivity contribution in [2.45, 2.75) is 18.8 Å². The van der Waals surface area contributed by atoms with E-state index in [0.717, 1.165) is 36.5 Å². The second-order valence-electron chi connectivity index (χ2n) is 5.47. The summed E-state index contributed by atoms with van der Waals surface area (Å²) in [7, 11) is 0. The van der Waals surface area contributed by atoms with Gasteiger partial charge in [-0.2, -0.15) is 0 Å². The number of benzene rings is 1. The summed E-state index contributed by atoms with van der Waals surface area (Å²) in [5.41, 5.74) is 1.06. The number of aliphatic hydroxyl groups is 1. The standard InChI is InChI=1S/C16H20N2O2S2/c19-8-9-21-11-15(20)18-7-3-4-12(10-18)16-17-13-5-1-2-6-14(13)22-16/h1-2,5-6,12,19H,3-4,7-11H2/t12-/m1/s1. The number of fused-ring (bicyclic) bond motifs is 1. The summed E-state index contributed by atoms with van der Waals surface area (Å²) in [6.07, 6.45) is 2.14. The molecule has 1 saturated heterocycles. The molecule has 2 aromatic rings. The molecule has 1 fully saturated rings. The monoisotopic (exact) mass is 336 g/mol. The van der Waals surface area contributed by atoms with Gasteiger partial charge in [-0.05, 0) is 25.0 Å². The van der Waals surface area contributed by atoms with E-state index in [0.29, 0.717) is 17.4 Å². The smallest absolute Gasteiger partial charge is 0.232 e. The van der Waals surface area contributed by atoms with Crippen LogP contribution in [0.1, 0.15) is 23.8 Å². The maximum Gasteiger partial charge on any atom is 0.232 e. The van der Waals surface area contributed by atoms with Gasteiger partial charge in [-0.3, -0.25) is 4.79 Å². The fourth-order valence-electron chi connectivity index (χ4n) is 2.79. The lowest BCUT2D eigenvalue weighted by molar-refractivity contribution is -0.129. The van der Waals surface area contributed by atoms with Crippen molar-refractivity contribution in [2.24, 2.45) is 0 Å². The lowest BCUT2D eigenvalue weighted by Gasteiger charge is -2.31. The fraction of sp³-hybridized carbons (Fsp3) is 0.500. The van der Waals surface area contributed by atoms with Gasteiger partial charge in [0.1, 0.15) is 0 Å². The van der Waals surface area contributed by atoms with Crippen molar-refractivity contribution >= 4 is 39.2 Å². The molecule has 0 spiro atoms. The number of hydrogen-bond acceptors (Lipinski definition) is 5. The first-order chi connectivity index (χ1) is 10.8. The highest BCUT2D eigenvalue weighted by Crippen LogP contribution is 2.33. The van der Waals surface area contributed by atoms with Crippen LogP contribution in [0.5, 0.6) is 0 Å². The van der Waals surface area contributed by atoms with E-state index in [1.165, 1.54) is 16.5 Å². The highest BCUT2D eigenvalue weighted by molar-refractivity contribution is 7.99. The predicted octanol–water partition coefficient (Wildman–Crippen LogP) is 2.73. The molecular weight excluding hydrogens is 316 g/mol. The number of thiazole rings is 1. The maximum atomic E-state index is 12.2. The zero-order valence-corrected chi connectivity index (χ0v) is 14.0. The lowest BCUT2D eigenvalue weighted by Crippen LogP contribution is -2.40. The van der Waals surface area contributed by atoms with Gasteiger partial charge >= 0.3 is 0 Å². The fourth-order valence-corrected chi connectivity index (χ4v) is 4.51. The molecule has 0 aliphatic carbocycles. The Bertz CT molecular complexity index is 611. The van der Waals surface area contributed by atoms with Gasteiger partial charge in [0.05, 0.1) is 27.6 Å². The maximum absolute atomic E-state index is 12.2. The van der Waals surface area contributed by atoms with Gasteiger partial charge < -0.3 is 10.0 Å². The Balaban J connectivity index is 1.66. The van der Waals surface area contributed by atoms with Crippen LogP contribution in [-0.2, 0) is 4.79 Å². The third-order valence-corrected chi connectivity index (χ3v) is 6.02. The van der Waals surface area contributed by atoms with Gasteiger partial charge in [-0.25, -0.2) is 4.98 Å². The Labute approximate surface area is 138 Å². The molecule has 2 heterocycles. The Kier molecular flexibility index (Phi) is 5.33. The van der Waals surface area contributed by atoms with Crippen LogP contribution >= 0.6 is 23.1 Å². The molecule has 6 heteroatoms. The molecule has 3 rings (SSSR count). The van der Waals surface area contributed by atoms with Crippen molar-refractivity contribution in [3.63, 3.8) is 0 Å². The van der Waals surface area contributed by atoms with Crippen molar-refractivity contribution in [1.82, 2.24) is 9.88 Å². The van der Waals surface area contributed by atoms with Crippen molar-refractivity contribution in [2.75, 3.05) is 31.2 Å². The van der Waals surface area contributed by atoms with Crippen LogP contribution in [0.2, 0.25) is 0 Å². The van der Waals surface area contributed by atoms with Gasteiger partial charge in [0.15, 0.2) is 0 Å².